The van der Waals surface area contributed by atoms with E-state index in [0.717, 1.165) is 0 Å². The summed E-state index contributed by atoms with van der Waals surface area (Å²) in [6, 6.07) is 6.94. The summed E-state index contributed by atoms with van der Waals surface area (Å²) < 4.78 is 0. The van der Waals surface area contributed by atoms with Crippen LogP contribution in [0.15, 0.2) is 29.4 Å². The van der Waals surface area contributed by atoms with Gasteiger partial charge in [0, 0.05) is 11.1 Å². The highest BCUT2D eigenvalue weighted by Crippen LogP contribution is 2.02. The molecule has 0 amide bonds. The lowest BCUT2D eigenvalue weighted by Crippen LogP contribution is -1.89. The van der Waals surface area contributed by atoms with Crippen LogP contribution in [-0.2, 0) is 0 Å². The minimum absolute atomic E-state index is 0.560. The van der Waals surface area contributed by atoms with Crippen LogP contribution in [0.2, 0.25) is 0 Å². The molecule has 0 aliphatic carbocycles. The highest BCUT2D eigenvalue weighted by atomic mass is 16.4. The van der Waals surface area contributed by atoms with E-state index < -0.39 is 0 Å². The maximum atomic E-state index is 8.16. The standard InChI is InChI=1S/C8H6N2O/c9-5-7-3-1-2-4-8(7)6-10-11/h1-4,9,11H. The largest absolute Gasteiger partial charge is 0.410 e. The zero-order valence-corrected chi connectivity index (χ0v) is 5.70. The van der Waals surface area contributed by atoms with Gasteiger partial charge in [-0.3, -0.25) is 5.41 Å². The Bertz CT molecular complexity index is 281. The molecule has 1 rings (SSSR count). The third kappa shape index (κ3) is 1.64. The summed E-state index contributed by atoms with van der Waals surface area (Å²) in [6.45, 7) is 0. The molecule has 1 aromatic carbocycles. The first-order chi connectivity index (χ1) is 5.38. The van der Waals surface area contributed by atoms with Crippen molar-refractivity contribution in [3.05, 3.63) is 35.4 Å². The summed E-state index contributed by atoms with van der Waals surface area (Å²) in [7, 11) is 0. The lowest BCUT2D eigenvalue weighted by Gasteiger charge is -1.93. The van der Waals surface area contributed by atoms with E-state index in [-0.39, 0.29) is 0 Å². The van der Waals surface area contributed by atoms with Crippen molar-refractivity contribution < 1.29 is 5.21 Å². The molecular weight excluding hydrogens is 140 g/mol. The molecule has 3 heteroatoms. The minimum atomic E-state index is 0.560. The highest BCUT2D eigenvalue weighted by molar-refractivity contribution is 5.92. The van der Waals surface area contributed by atoms with Gasteiger partial charge in [0.2, 0.25) is 0 Å². The smallest absolute Gasteiger partial charge is 0.140 e. The normalized spacial score (nSPS) is 10.2. The molecule has 0 unspecified atom stereocenters. The van der Waals surface area contributed by atoms with E-state index in [0.29, 0.717) is 11.1 Å². The first kappa shape index (κ1) is 7.47. The first-order valence-corrected chi connectivity index (χ1v) is 3.00. The lowest BCUT2D eigenvalue weighted by molar-refractivity contribution is 0.322. The molecule has 2 N–H and O–H groups in total. The van der Waals surface area contributed by atoms with Crippen molar-refractivity contribution in [3.63, 3.8) is 0 Å². The van der Waals surface area contributed by atoms with Gasteiger partial charge in [0.1, 0.15) is 6.21 Å². The third-order valence-electron chi connectivity index (χ3n) is 1.23. The van der Waals surface area contributed by atoms with E-state index in [2.05, 4.69) is 17.6 Å². The van der Waals surface area contributed by atoms with E-state index in [1.54, 1.807) is 24.3 Å². The number of nitrogens with one attached hydrogen (secondary N) is 1. The van der Waals surface area contributed by atoms with Gasteiger partial charge in [0.25, 0.3) is 0 Å². The molecule has 0 saturated heterocycles. The SMILES string of the molecule is N=[C]c1ccccc1[C]=NO. The number of benzene rings is 1. The molecule has 0 aliphatic heterocycles. The van der Waals surface area contributed by atoms with Crippen molar-refractivity contribution in [1.29, 1.82) is 5.41 Å². The van der Waals surface area contributed by atoms with Crippen molar-refractivity contribution in [3.8, 4) is 0 Å². The van der Waals surface area contributed by atoms with E-state index >= 15 is 0 Å². The first-order valence-electron chi connectivity index (χ1n) is 3.00. The number of hydrogen-bond acceptors (Lipinski definition) is 3. The number of hydrogen-bond donors (Lipinski definition) is 2. The molecule has 0 fully saturated rings. The predicted molar refractivity (Wildman–Crippen MR) is 41.6 cm³/mol. The molecule has 54 valence electrons. The average molecular weight is 146 g/mol. The lowest BCUT2D eigenvalue weighted by atomic mass is 10.1. The zero-order valence-electron chi connectivity index (χ0n) is 5.70. The summed E-state index contributed by atoms with van der Waals surface area (Å²) in [5, 5.41) is 17.8. The van der Waals surface area contributed by atoms with E-state index in [1.165, 1.54) is 0 Å². The zero-order chi connectivity index (χ0) is 8.10. The number of nitrogens with zero attached hydrogens (tertiary/aromatic N) is 1. The van der Waals surface area contributed by atoms with Crippen molar-refractivity contribution in [1.82, 2.24) is 0 Å². The average Bonchev–Trinajstić information content (AvgIpc) is 2.06. The van der Waals surface area contributed by atoms with E-state index in [1.807, 2.05) is 0 Å². The second-order valence-corrected chi connectivity index (χ2v) is 1.88. The van der Waals surface area contributed by atoms with Crippen molar-refractivity contribution >= 4 is 12.4 Å². The van der Waals surface area contributed by atoms with Gasteiger partial charge < -0.3 is 5.21 Å². The molecular formula is C8H6N2O. The topological polar surface area (TPSA) is 56.4 Å². The molecule has 0 heterocycles. The molecule has 0 atom stereocenters. The van der Waals surface area contributed by atoms with Crippen molar-refractivity contribution in [2.45, 2.75) is 0 Å². The fourth-order valence-corrected chi connectivity index (χ4v) is 0.743. The van der Waals surface area contributed by atoms with Crippen LogP contribution in [0.1, 0.15) is 11.1 Å². The molecule has 0 aromatic heterocycles. The van der Waals surface area contributed by atoms with Gasteiger partial charge in [-0.1, -0.05) is 29.4 Å². The maximum Gasteiger partial charge on any atom is 0.140 e. The minimum Gasteiger partial charge on any atom is -0.410 e. The van der Waals surface area contributed by atoms with Crippen LogP contribution >= 0.6 is 0 Å². The van der Waals surface area contributed by atoms with Gasteiger partial charge >= 0.3 is 0 Å². The molecule has 2 radical (unpaired) electrons. The van der Waals surface area contributed by atoms with Gasteiger partial charge in [-0.05, 0) is 0 Å². The summed E-state index contributed by atoms with van der Waals surface area (Å²) in [4.78, 5) is 0. The maximum absolute atomic E-state index is 8.16. The second kappa shape index (κ2) is 3.51. The van der Waals surface area contributed by atoms with Gasteiger partial charge in [0.15, 0.2) is 0 Å². The van der Waals surface area contributed by atoms with Crippen LogP contribution in [0.5, 0.6) is 0 Å². The Morgan fingerprint density at radius 3 is 2.45 bits per heavy atom. The summed E-state index contributed by atoms with van der Waals surface area (Å²) in [5.41, 5.74) is 1.12. The molecule has 0 saturated carbocycles. The van der Waals surface area contributed by atoms with Crippen LogP contribution in [0, 0.1) is 5.41 Å². The fraction of sp³-hybridized carbons (Fsp3) is 0. The Labute approximate surface area is 64.5 Å². The summed E-state index contributed by atoms with van der Waals surface area (Å²) in [6.07, 6.45) is 4.52. The van der Waals surface area contributed by atoms with Crippen LogP contribution in [0.25, 0.3) is 0 Å². The van der Waals surface area contributed by atoms with Crippen molar-refractivity contribution in [2.75, 3.05) is 0 Å². The highest BCUT2D eigenvalue weighted by Gasteiger charge is 1.95. The van der Waals surface area contributed by atoms with Crippen LogP contribution in [0.3, 0.4) is 0 Å². The molecule has 0 aliphatic rings. The summed E-state index contributed by atoms with van der Waals surface area (Å²) in [5.74, 6) is 0. The van der Waals surface area contributed by atoms with Gasteiger partial charge in [-0.2, -0.15) is 0 Å². The monoisotopic (exact) mass is 146 g/mol. The molecule has 3 nitrogen and oxygen atoms in total. The molecule has 0 spiro atoms. The Balaban J connectivity index is 3.11. The molecule has 11 heavy (non-hydrogen) atoms. The number of rotatable bonds is 2. The Morgan fingerprint density at radius 1 is 1.27 bits per heavy atom. The molecule has 1 aromatic rings. The Morgan fingerprint density at radius 2 is 1.91 bits per heavy atom. The van der Waals surface area contributed by atoms with Crippen LogP contribution < -0.4 is 0 Å². The van der Waals surface area contributed by atoms with Gasteiger partial charge in [-0.25, -0.2) is 0 Å². The van der Waals surface area contributed by atoms with Gasteiger partial charge in [-0.15, -0.1) is 0 Å². The van der Waals surface area contributed by atoms with Crippen LogP contribution in [-0.4, -0.2) is 17.6 Å². The van der Waals surface area contributed by atoms with Gasteiger partial charge in [0.05, 0.1) is 6.21 Å². The quantitative estimate of drug-likeness (QED) is 0.368. The molecule has 0 bridgehead atoms. The summed E-state index contributed by atoms with van der Waals surface area (Å²) >= 11 is 0. The Kier molecular flexibility index (Phi) is 2.38. The third-order valence-corrected chi connectivity index (χ3v) is 1.23. The Hall–Kier alpha value is -1.64. The van der Waals surface area contributed by atoms with E-state index in [9.17, 15) is 0 Å². The van der Waals surface area contributed by atoms with Crippen LogP contribution in [0.4, 0.5) is 0 Å². The van der Waals surface area contributed by atoms with E-state index in [4.69, 9.17) is 10.6 Å². The predicted octanol–water partition coefficient (Wildman–Crippen LogP) is 1.25. The fourth-order valence-electron chi connectivity index (χ4n) is 0.743. The van der Waals surface area contributed by atoms with Crippen molar-refractivity contribution in [2.24, 2.45) is 5.16 Å². The second-order valence-electron chi connectivity index (χ2n) is 1.88.